The largest absolute Gasteiger partial charge is 0.508 e. The third-order valence-electron chi connectivity index (χ3n) is 2.91. The zero-order valence-corrected chi connectivity index (χ0v) is 10.9. The van der Waals surface area contributed by atoms with E-state index in [-0.39, 0.29) is 11.4 Å². The van der Waals surface area contributed by atoms with Crippen molar-refractivity contribution in [2.75, 3.05) is 0 Å². The van der Waals surface area contributed by atoms with Crippen LogP contribution in [0.15, 0.2) is 42.6 Å². The van der Waals surface area contributed by atoms with Crippen molar-refractivity contribution in [3.8, 4) is 17.1 Å². The third kappa shape index (κ3) is 1.98. The second kappa shape index (κ2) is 4.54. The average Bonchev–Trinajstić information content (AvgIpc) is 2.77. The van der Waals surface area contributed by atoms with Crippen LogP contribution in [0.3, 0.4) is 0 Å². The molecule has 100 valence electrons. The first-order valence-corrected chi connectivity index (χ1v) is 6.14. The van der Waals surface area contributed by atoms with Crippen molar-refractivity contribution in [2.24, 2.45) is 0 Å². The van der Waals surface area contributed by atoms with Gasteiger partial charge >= 0.3 is 5.97 Å². The Hall–Kier alpha value is -2.53. The smallest absolute Gasteiger partial charge is 0.356 e. The van der Waals surface area contributed by atoms with E-state index in [1.165, 1.54) is 12.1 Å². The SMILES string of the molecule is O=C(O)c1nc(-c2cccc(Cl)c2)n2ccc(O)cc12. The van der Waals surface area contributed by atoms with Gasteiger partial charge in [0.2, 0.25) is 0 Å². The Balaban J connectivity index is 2.34. The van der Waals surface area contributed by atoms with E-state index in [0.717, 1.165) is 0 Å². The summed E-state index contributed by atoms with van der Waals surface area (Å²) in [7, 11) is 0. The molecule has 2 heterocycles. The van der Waals surface area contributed by atoms with Gasteiger partial charge in [0, 0.05) is 22.8 Å². The highest BCUT2D eigenvalue weighted by molar-refractivity contribution is 6.30. The van der Waals surface area contributed by atoms with E-state index >= 15 is 0 Å². The second-order valence-electron chi connectivity index (χ2n) is 4.24. The van der Waals surface area contributed by atoms with Gasteiger partial charge in [0.05, 0.1) is 5.52 Å². The molecule has 0 spiro atoms. The molecule has 3 rings (SSSR count). The molecule has 2 N–H and O–H groups in total. The Labute approximate surface area is 118 Å². The molecule has 0 amide bonds. The zero-order valence-electron chi connectivity index (χ0n) is 10.1. The van der Waals surface area contributed by atoms with Crippen LogP contribution in [-0.2, 0) is 0 Å². The van der Waals surface area contributed by atoms with E-state index in [1.54, 1.807) is 34.9 Å². The van der Waals surface area contributed by atoms with E-state index < -0.39 is 5.97 Å². The van der Waals surface area contributed by atoms with Crippen molar-refractivity contribution in [3.05, 3.63) is 53.3 Å². The second-order valence-corrected chi connectivity index (χ2v) is 4.68. The number of aromatic carboxylic acids is 1. The monoisotopic (exact) mass is 288 g/mol. The van der Waals surface area contributed by atoms with Crippen molar-refractivity contribution >= 4 is 23.1 Å². The Morgan fingerprint density at radius 2 is 2.05 bits per heavy atom. The molecule has 5 nitrogen and oxygen atoms in total. The molecule has 0 atom stereocenters. The number of carbonyl (C=O) groups is 1. The highest BCUT2D eigenvalue weighted by Gasteiger charge is 2.18. The van der Waals surface area contributed by atoms with Crippen LogP contribution in [0.4, 0.5) is 0 Å². The number of benzene rings is 1. The van der Waals surface area contributed by atoms with E-state index in [1.807, 2.05) is 0 Å². The number of pyridine rings is 1. The summed E-state index contributed by atoms with van der Waals surface area (Å²) in [5.74, 6) is -0.709. The van der Waals surface area contributed by atoms with E-state index in [4.69, 9.17) is 11.6 Å². The molecule has 6 heteroatoms. The number of halogens is 1. The molecule has 0 aliphatic carbocycles. The number of carboxylic acids is 1. The van der Waals surface area contributed by atoms with Gasteiger partial charge < -0.3 is 10.2 Å². The van der Waals surface area contributed by atoms with Gasteiger partial charge in [-0.1, -0.05) is 23.7 Å². The minimum Gasteiger partial charge on any atom is -0.508 e. The molecule has 0 bridgehead atoms. The van der Waals surface area contributed by atoms with Gasteiger partial charge in [0.15, 0.2) is 5.69 Å². The normalized spacial score (nSPS) is 10.8. The van der Waals surface area contributed by atoms with E-state index in [0.29, 0.717) is 21.9 Å². The van der Waals surface area contributed by atoms with Gasteiger partial charge in [0.25, 0.3) is 0 Å². The Morgan fingerprint density at radius 1 is 1.25 bits per heavy atom. The number of hydrogen-bond donors (Lipinski definition) is 2. The number of aromatic hydroxyl groups is 1. The fraction of sp³-hybridized carbons (Fsp3) is 0. The van der Waals surface area contributed by atoms with Crippen molar-refractivity contribution in [1.29, 1.82) is 0 Å². The van der Waals surface area contributed by atoms with Gasteiger partial charge in [0.1, 0.15) is 11.6 Å². The molecular formula is C14H9ClN2O3. The van der Waals surface area contributed by atoms with E-state index in [2.05, 4.69) is 4.98 Å². The number of fused-ring (bicyclic) bond motifs is 1. The first-order chi connectivity index (χ1) is 9.56. The topological polar surface area (TPSA) is 74.8 Å². The van der Waals surface area contributed by atoms with Crippen molar-refractivity contribution in [2.45, 2.75) is 0 Å². The zero-order chi connectivity index (χ0) is 14.3. The number of nitrogens with zero attached hydrogens (tertiary/aromatic N) is 2. The van der Waals surface area contributed by atoms with Gasteiger partial charge in [-0.3, -0.25) is 4.40 Å². The summed E-state index contributed by atoms with van der Waals surface area (Å²) in [5, 5.41) is 19.2. The van der Waals surface area contributed by atoms with Crippen LogP contribution >= 0.6 is 11.6 Å². The van der Waals surface area contributed by atoms with Gasteiger partial charge in [-0.2, -0.15) is 0 Å². The van der Waals surface area contributed by atoms with Crippen molar-refractivity contribution in [3.63, 3.8) is 0 Å². The molecule has 0 saturated heterocycles. The molecule has 0 saturated carbocycles. The molecule has 0 radical (unpaired) electrons. The Morgan fingerprint density at radius 3 is 2.75 bits per heavy atom. The van der Waals surface area contributed by atoms with Crippen molar-refractivity contribution < 1.29 is 15.0 Å². The molecule has 3 aromatic rings. The first kappa shape index (κ1) is 12.5. The Kier molecular flexibility index (Phi) is 2.84. The molecule has 0 aliphatic heterocycles. The summed E-state index contributed by atoms with van der Waals surface area (Å²) in [6, 6.07) is 9.82. The number of carboxylic acid groups (broad SMARTS) is 1. The van der Waals surface area contributed by atoms with Crippen LogP contribution in [0.25, 0.3) is 16.9 Å². The first-order valence-electron chi connectivity index (χ1n) is 5.76. The third-order valence-corrected chi connectivity index (χ3v) is 3.15. The van der Waals surface area contributed by atoms with Crippen LogP contribution in [0.1, 0.15) is 10.5 Å². The number of aromatic nitrogens is 2. The lowest BCUT2D eigenvalue weighted by Crippen LogP contribution is -1.97. The number of rotatable bonds is 2. The number of hydrogen-bond acceptors (Lipinski definition) is 3. The maximum atomic E-state index is 11.3. The summed E-state index contributed by atoms with van der Waals surface area (Å²) in [6.45, 7) is 0. The predicted octanol–water partition coefficient (Wildman–Crippen LogP) is 3.06. The van der Waals surface area contributed by atoms with Crippen LogP contribution in [0.5, 0.6) is 5.75 Å². The maximum absolute atomic E-state index is 11.3. The lowest BCUT2D eigenvalue weighted by atomic mass is 10.2. The van der Waals surface area contributed by atoms with E-state index in [9.17, 15) is 15.0 Å². The standard InChI is InChI=1S/C14H9ClN2O3/c15-9-3-1-2-8(6-9)13-16-12(14(19)20)11-7-10(18)4-5-17(11)13/h1-7,18H,(H,19,20). The summed E-state index contributed by atoms with van der Waals surface area (Å²) >= 11 is 5.95. The molecule has 20 heavy (non-hydrogen) atoms. The molecular weight excluding hydrogens is 280 g/mol. The van der Waals surface area contributed by atoms with Crippen LogP contribution < -0.4 is 0 Å². The molecule has 2 aromatic heterocycles. The van der Waals surface area contributed by atoms with Crippen LogP contribution in [0.2, 0.25) is 5.02 Å². The lowest BCUT2D eigenvalue weighted by molar-refractivity contribution is 0.0693. The fourth-order valence-electron chi connectivity index (χ4n) is 2.06. The molecule has 0 aliphatic rings. The predicted molar refractivity (Wildman–Crippen MR) is 74.3 cm³/mol. The molecule has 0 fully saturated rings. The molecule has 1 aromatic carbocycles. The van der Waals surface area contributed by atoms with Gasteiger partial charge in [-0.15, -0.1) is 0 Å². The summed E-state index contributed by atoms with van der Waals surface area (Å²) in [5.41, 5.74) is 0.911. The minimum absolute atomic E-state index is 0.0162. The summed E-state index contributed by atoms with van der Waals surface area (Å²) in [4.78, 5) is 15.4. The maximum Gasteiger partial charge on any atom is 0.356 e. The van der Waals surface area contributed by atoms with Gasteiger partial charge in [-0.25, -0.2) is 9.78 Å². The summed E-state index contributed by atoms with van der Waals surface area (Å²) < 4.78 is 1.61. The fourth-order valence-corrected chi connectivity index (χ4v) is 2.25. The minimum atomic E-state index is -1.15. The summed E-state index contributed by atoms with van der Waals surface area (Å²) in [6.07, 6.45) is 1.57. The number of imidazole rings is 1. The van der Waals surface area contributed by atoms with Gasteiger partial charge in [-0.05, 0) is 18.2 Å². The average molecular weight is 289 g/mol. The highest BCUT2D eigenvalue weighted by Crippen LogP contribution is 2.26. The van der Waals surface area contributed by atoms with Crippen molar-refractivity contribution in [1.82, 2.24) is 9.38 Å². The van der Waals surface area contributed by atoms with Crippen LogP contribution in [-0.4, -0.2) is 25.6 Å². The quantitative estimate of drug-likeness (QED) is 0.760. The van der Waals surface area contributed by atoms with Crippen LogP contribution in [0, 0.1) is 0 Å². The lowest BCUT2D eigenvalue weighted by Gasteiger charge is -2.02. The highest BCUT2D eigenvalue weighted by atomic mass is 35.5. The molecule has 0 unspecified atom stereocenters. The Bertz CT molecular complexity index is 826.